The first-order chi connectivity index (χ1) is 22.0. The molecule has 0 unspecified atom stereocenters. The zero-order valence-corrected chi connectivity index (χ0v) is 30.2. The summed E-state index contributed by atoms with van der Waals surface area (Å²) < 4.78 is 0. The predicted octanol–water partition coefficient (Wildman–Crippen LogP) is 10.3. The van der Waals surface area contributed by atoms with Gasteiger partial charge < -0.3 is 9.80 Å². The third kappa shape index (κ3) is 5.29. The van der Waals surface area contributed by atoms with E-state index in [0.29, 0.717) is 0 Å². The fraction of sp³-hybridized carbons (Fsp3) is 0.318. The van der Waals surface area contributed by atoms with Crippen LogP contribution < -0.4 is 26.2 Å². The summed E-state index contributed by atoms with van der Waals surface area (Å²) in [6.45, 7) is 25.4. The van der Waals surface area contributed by atoms with Crippen LogP contribution in [0.2, 0.25) is 0 Å². The largest absolute Gasteiger partial charge is 0.311 e. The quantitative estimate of drug-likeness (QED) is 0.178. The number of hydrogen-bond acceptors (Lipinski definition) is 2. The van der Waals surface area contributed by atoms with Crippen molar-refractivity contribution < 1.29 is 0 Å². The van der Waals surface area contributed by atoms with Crippen LogP contribution >= 0.6 is 0 Å². The first-order valence-electron chi connectivity index (χ1n) is 17.2. The minimum Gasteiger partial charge on any atom is -0.311 e. The minimum atomic E-state index is 0.0310. The summed E-state index contributed by atoms with van der Waals surface area (Å²) in [6.07, 6.45) is 0. The van der Waals surface area contributed by atoms with E-state index in [4.69, 9.17) is 0 Å². The standard InChI is InChI=1S/C44H49BN2/c1-28-12-18-33(19-13-28)46-37-22-16-31(43(6,7)8)26-35(37)45-36-27-32(44(9,10)11)17-23-38(36)47(40-25-29(2)24-39(46)41(40)45)34-20-14-30(15-21-34)42(3,4)5/h12-27H,1-11H3. The SMILES string of the molecule is Cc1ccc(N2c3ccc(C(C)(C)C)cc3B3c4cc(C(C)(C)C)ccc4N(c4ccc(C(C)(C)C)cc4)c4cc(C)cc2c43)cc1. The molecular weight excluding hydrogens is 567 g/mol. The second-order valence-corrected chi connectivity index (χ2v) is 17.0. The topological polar surface area (TPSA) is 6.48 Å². The normalized spacial score (nSPS) is 14.1. The van der Waals surface area contributed by atoms with E-state index in [1.54, 1.807) is 0 Å². The fourth-order valence-corrected chi connectivity index (χ4v) is 7.44. The molecule has 0 saturated carbocycles. The average molecular weight is 617 g/mol. The molecule has 2 nitrogen and oxygen atoms in total. The smallest absolute Gasteiger partial charge is 0.252 e. The van der Waals surface area contributed by atoms with Crippen LogP contribution in [0.5, 0.6) is 0 Å². The van der Waals surface area contributed by atoms with Gasteiger partial charge in [0.05, 0.1) is 0 Å². The molecule has 2 aliphatic heterocycles. The maximum atomic E-state index is 2.53. The van der Waals surface area contributed by atoms with Crippen molar-refractivity contribution in [2.75, 3.05) is 9.80 Å². The van der Waals surface area contributed by atoms with E-state index < -0.39 is 0 Å². The molecule has 3 heteroatoms. The molecule has 7 rings (SSSR count). The number of fused-ring (bicyclic) bond motifs is 4. The van der Waals surface area contributed by atoms with Gasteiger partial charge in [-0.3, -0.25) is 0 Å². The number of hydrogen-bond donors (Lipinski definition) is 0. The Kier molecular flexibility index (Phi) is 7.10. The van der Waals surface area contributed by atoms with Gasteiger partial charge in [0.2, 0.25) is 0 Å². The molecule has 0 N–H and O–H groups in total. The maximum Gasteiger partial charge on any atom is 0.252 e. The number of rotatable bonds is 2. The van der Waals surface area contributed by atoms with Gasteiger partial charge in [-0.05, 0) is 117 Å². The highest BCUT2D eigenvalue weighted by molar-refractivity contribution is 7.00. The molecule has 0 radical (unpaired) electrons. The van der Waals surface area contributed by atoms with E-state index >= 15 is 0 Å². The van der Waals surface area contributed by atoms with Crippen molar-refractivity contribution >= 4 is 57.2 Å². The molecule has 5 aromatic rings. The second kappa shape index (κ2) is 10.6. The summed E-state index contributed by atoms with van der Waals surface area (Å²) in [7, 11) is 0. The van der Waals surface area contributed by atoms with Crippen LogP contribution in [0, 0.1) is 13.8 Å². The Labute approximate surface area is 283 Å². The van der Waals surface area contributed by atoms with Crippen molar-refractivity contribution in [1.29, 1.82) is 0 Å². The highest BCUT2D eigenvalue weighted by Crippen LogP contribution is 2.45. The molecule has 0 aliphatic carbocycles. The molecule has 5 aromatic carbocycles. The Bertz CT molecular complexity index is 2000. The Balaban J connectivity index is 1.58. The van der Waals surface area contributed by atoms with E-state index in [1.807, 2.05) is 0 Å². The summed E-state index contributed by atoms with van der Waals surface area (Å²) in [5.74, 6) is 0. The van der Waals surface area contributed by atoms with Gasteiger partial charge in [0.15, 0.2) is 0 Å². The van der Waals surface area contributed by atoms with Crippen molar-refractivity contribution in [3.63, 3.8) is 0 Å². The number of aryl methyl sites for hydroxylation is 2. The van der Waals surface area contributed by atoms with Crippen LogP contribution in [0.1, 0.15) is 90.1 Å². The average Bonchev–Trinajstić information content (AvgIpc) is 2.99. The first-order valence-corrected chi connectivity index (χ1v) is 17.2. The zero-order valence-electron chi connectivity index (χ0n) is 30.2. The molecule has 238 valence electrons. The van der Waals surface area contributed by atoms with E-state index in [-0.39, 0.29) is 23.0 Å². The van der Waals surface area contributed by atoms with Crippen LogP contribution in [0.3, 0.4) is 0 Å². The van der Waals surface area contributed by atoms with Crippen molar-refractivity contribution in [1.82, 2.24) is 0 Å². The minimum absolute atomic E-state index is 0.0310. The van der Waals surface area contributed by atoms with Gasteiger partial charge in [0.1, 0.15) is 0 Å². The van der Waals surface area contributed by atoms with Crippen LogP contribution in [0.15, 0.2) is 97.1 Å². The van der Waals surface area contributed by atoms with Gasteiger partial charge in [0.25, 0.3) is 6.71 Å². The summed E-state index contributed by atoms with van der Waals surface area (Å²) in [6, 6.07) is 37.6. The van der Waals surface area contributed by atoms with Crippen LogP contribution in [-0.2, 0) is 16.2 Å². The van der Waals surface area contributed by atoms with E-state index in [9.17, 15) is 0 Å². The van der Waals surface area contributed by atoms with Crippen molar-refractivity contribution in [3.05, 3.63) is 125 Å². The lowest BCUT2D eigenvalue weighted by molar-refractivity contribution is 0.590. The van der Waals surface area contributed by atoms with Gasteiger partial charge in [0, 0.05) is 34.1 Å². The van der Waals surface area contributed by atoms with Crippen molar-refractivity contribution in [2.45, 2.75) is 92.4 Å². The molecule has 0 amide bonds. The first kappa shape index (κ1) is 31.4. The van der Waals surface area contributed by atoms with E-state index in [1.165, 1.54) is 78.3 Å². The molecule has 47 heavy (non-hydrogen) atoms. The van der Waals surface area contributed by atoms with Gasteiger partial charge in [-0.15, -0.1) is 0 Å². The molecule has 2 heterocycles. The summed E-state index contributed by atoms with van der Waals surface area (Å²) in [5.41, 5.74) is 18.4. The Hall–Kier alpha value is -4.24. The maximum absolute atomic E-state index is 2.53. The second-order valence-electron chi connectivity index (χ2n) is 17.0. The Morgan fingerprint density at radius 1 is 0.404 bits per heavy atom. The highest BCUT2D eigenvalue weighted by Gasteiger charge is 2.44. The van der Waals surface area contributed by atoms with Gasteiger partial charge in [-0.1, -0.05) is 116 Å². The third-order valence-corrected chi connectivity index (χ3v) is 10.2. The predicted molar refractivity (Wildman–Crippen MR) is 206 cm³/mol. The third-order valence-electron chi connectivity index (χ3n) is 10.2. The molecule has 0 atom stereocenters. The Morgan fingerprint density at radius 3 is 1.19 bits per heavy atom. The van der Waals surface area contributed by atoms with Crippen molar-refractivity contribution in [2.24, 2.45) is 0 Å². The van der Waals surface area contributed by atoms with E-state index in [0.717, 1.165) is 0 Å². The van der Waals surface area contributed by atoms with Gasteiger partial charge in [-0.2, -0.15) is 0 Å². The molecule has 2 aliphatic rings. The molecule has 0 saturated heterocycles. The van der Waals surface area contributed by atoms with Crippen LogP contribution in [0.25, 0.3) is 0 Å². The highest BCUT2D eigenvalue weighted by atomic mass is 15.2. The molecular formula is C44H49BN2. The van der Waals surface area contributed by atoms with Gasteiger partial charge >= 0.3 is 0 Å². The van der Waals surface area contributed by atoms with Crippen LogP contribution in [-0.4, -0.2) is 6.71 Å². The monoisotopic (exact) mass is 616 g/mol. The number of anilines is 6. The molecule has 0 spiro atoms. The lowest BCUT2D eigenvalue weighted by Crippen LogP contribution is -2.61. The zero-order chi connectivity index (χ0) is 33.6. The Morgan fingerprint density at radius 2 is 0.787 bits per heavy atom. The molecule has 0 aromatic heterocycles. The summed E-state index contributed by atoms with van der Waals surface area (Å²) >= 11 is 0. The summed E-state index contributed by atoms with van der Waals surface area (Å²) in [5, 5.41) is 0. The summed E-state index contributed by atoms with van der Waals surface area (Å²) in [4.78, 5) is 5.05. The number of nitrogens with zero attached hydrogens (tertiary/aromatic N) is 2. The van der Waals surface area contributed by atoms with Crippen LogP contribution in [0.4, 0.5) is 34.1 Å². The lowest BCUT2D eigenvalue weighted by atomic mass is 9.33. The lowest BCUT2D eigenvalue weighted by Gasteiger charge is -2.45. The van der Waals surface area contributed by atoms with E-state index in [2.05, 4.69) is 183 Å². The number of benzene rings is 5. The van der Waals surface area contributed by atoms with Gasteiger partial charge in [-0.25, -0.2) is 0 Å². The molecule has 0 fully saturated rings. The fourth-order valence-electron chi connectivity index (χ4n) is 7.44. The molecule has 0 bridgehead atoms. The van der Waals surface area contributed by atoms with Crippen molar-refractivity contribution in [3.8, 4) is 0 Å².